The third-order valence-corrected chi connectivity index (χ3v) is 4.88. The molecule has 3 rings (SSSR count). The fourth-order valence-corrected chi connectivity index (χ4v) is 3.43. The van der Waals surface area contributed by atoms with E-state index >= 15 is 0 Å². The molecule has 0 unspecified atom stereocenters. The average Bonchev–Trinajstić information content (AvgIpc) is 3.04. The number of rotatable bonds is 4. The quantitative estimate of drug-likeness (QED) is 0.855. The number of amides is 1. The van der Waals surface area contributed by atoms with Gasteiger partial charge in [0, 0.05) is 4.47 Å². The van der Waals surface area contributed by atoms with Crippen molar-refractivity contribution in [1.29, 1.82) is 0 Å². The monoisotopic (exact) mass is 397 g/mol. The highest BCUT2D eigenvalue weighted by molar-refractivity contribution is 9.10. The maximum absolute atomic E-state index is 12.3. The fourth-order valence-electron chi connectivity index (χ4n) is 2.86. The second-order valence-electron chi connectivity index (χ2n) is 5.64. The van der Waals surface area contributed by atoms with Crippen LogP contribution in [0.4, 0.5) is 0 Å². The van der Waals surface area contributed by atoms with Crippen LogP contribution in [-0.2, 0) is 6.54 Å². The number of hydrogen-bond acceptors (Lipinski definition) is 4. The van der Waals surface area contributed by atoms with Crippen molar-refractivity contribution in [3.8, 4) is 0 Å². The second kappa shape index (κ2) is 7.40. The molecule has 0 radical (unpaired) electrons. The van der Waals surface area contributed by atoms with Gasteiger partial charge in [0.25, 0.3) is 5.91 Å². The molecular formula is C15H17BrClN5O. The van der Waals surface area contributed by atoms with E-state index in [0.717, 1.165) is 17.3 Å². The summed E-state index contributed by atoms with van der Waals surface area (Å²) >= 11 is 9.42. The number of nitrogens with one attached hydrogen (secondary N) is 1. The lowest BCUT2D eigenvalue weighted by atomic mass is 9.95. The van der Waals surface area contributed by atoms with Gasteiger partial charge in [-0.3, -0.25) is 4.79 Å². The molecule has 1 aliphatic rings. The molecule has 0 saturated heterocycles. The third kappa shape index (κ3) is 3.90. The lowest BCUT2D eigenvalue weighted by Crippen LogP contribution is -2.26. The summed E-state index contributed by atoms with van der Waals surface area (Å²) in [4.78, 5) is 12.3. The minimum Gasteiger partial charge on any atom is -0.345 e. The zero-order valence-electron chi connectivity index (χ0n) is 12.5. The molecule has 1 heterocycles. The first-order valence-electron chi connectivity index (χ1n) is 7.65. The third-order valence-electron chi connectivity index (χ3n) is 4.06. The SMILES string of the molecule is O=C(NCc1nnnn1C1CCCCC1)c1cc(Br)ccc1Cl. The van der Waals surface area contributed by atoms with Crippen molar-refractivity contribution in [3.05, 3.63) is 39.1 Å². The lowest BCUT2D eigenvalue weighted by Gasteiger charge is -2.22. The van der Waals surface area contributed by atoms with Crippen LogP contribution in [0.1, 0.15) is 54.3 Å². The van der Waals surface area contributed by atoms with Gasteiger partial charge in [-0.1, -0.05) is 46.8 Å². The van der Waals surface area contributed by atoms with E-state index in [1.807, 2.05) is 4.68 Å². The first-order chi connectivity index (χ1) is 11.1. The van der Waals surface area contributed by atoms with Gasteiger partial charge in [-0.25, -0.2) is 4.68 Å². The molecule has 122 valence electrons. The minimum atomic E-state index is -0.241. The van der Waals surface area contributed by atoms with Crippen LogP contribution in [0.25, 0.3) is 0 Å². The highest BCUT2D eigenvalue weighted by Crippen LogP contribution is 2.27. The standard InChI is InChI=1S/C15H17BrClN5O/c16-10-6-7-13(17)12(8-10)15(23)18-9-14-19-20-21-22(14)11-4-2-1-3-5-11/h6-8,11H,1-5,9H2,(H,18,23). The van der Waals surface area contributed by atoms with Crippen LogP contribution in [0.3, 0.4) is 0 Å². The number of benzene rings is 1. The van der Waals surface area contributed by atoms with E-state index in [0.29, 0.717) is 22.5 Å². The molecule has 0 aliphatic heterocycles. The number of halogens is 2. The Labute approximate surface area is 147 Å². The molecule has 0 spiro atoms. The van der Waals surface area contributed by atoms with E-state index in [2.05, 4.69) is 36.8 Å². The first kappa shape index (κ1) is 16.4. The largest absolute Gasteiger partial charge is 0.345 e. The summed E-state index contributed by atoms with van der Waals surface area (Å²) in [6.45, 7) is 0.283. The van der Waals surface area contributed by atoms with Crippen LogP contribution in [0.2, 0.25) is 5.02 Å². The molecule has 0 atom stereocenters. The molecule has 1 saturated carbocycles. The van der Waals surface area contributed by atoms with Gasteiger partial charge in [-0.15, -0.1) is 5.10 Å². The van der Waals surface area contributed by atoms with E-state index < -0.39 is 0 Å². The first-order valence-corrected chi connectivity index (χ1v) is 8.82. The summed E-state index contributed by atoms with van der Waals surface area (Å²) in [5.74, 6) is 0.436. The summed E-state index contributed by atoms with van der Waals surface area (Å²) in [5.41, 5.74) is 0.428. The summed E-state index contributed by atoms with van der Waals surface area (Å²) in [6, 6.07) is 5.51. The maximum atomic E-state index is 12.3. The van der Waals surface area contributed by atoms with Gasteiger partial charge in [0.15, 0.2) is 5.82 Å². The number of hydrogen-bond donors (Lipinski definition) is 1. The number of tetrazole rings is 1. The molecule has 0 bridgehead atoms. The Hall–Kier alpha value is -1.47. The molecule has 1 N–H and O–H groups in total. The topological polar surface area (TPSA) is 72.7 Å². The van der Waals surface area contributed by atoms with E-state index in [1.54, 1.807) is 18.2 Å². The molecule has 1 aromatic carbocycles. The van der Waals surface area contributed by atoms with E-state index in [9.17, 15) is 4.79 Å². The van der Waals surface area contributed by atoms with Crippen LogP contribution in [-0.4, -0.2) is 26.1 Å². The summed E-state index contributed by atoms with van der Waals surface area (Å²) in [6.07, 6.45) is 5.84. The Balaban J connectivity index is 1.68. The smallest absolute Gasteiger partial charge is 0.253 e. The highest BCUT2D eigenvalue weighted by Gasteiger charge is 2.20. The second-order valence-corrected chi connectivity index (χ2v) is 6.96. The van der Waals surface area contributed by atoms with Crippen molar-refractivity contribution in [2.75, 3.05) is 0 Å². The Kier molecular flexibility index (Phi) is 5.27. The normalized spacial score (nSPS) is 15.6. The Morgan fingerprint density at radius 3 is 2.91 bits per heavy atom. The van der Waals surface area contributed by atoms with Gasteiger partial charge in [-0.2, -0.15) is 0 Å². The molecule has 1 aromatic heterocycles. The van der Waals surface area contributed by atoms with Crippen molar-refractivity contribution in [2.24, 2.45) is 0 Å². The zero-order valence-corrected chi connectivity index (χ0v) is 14.8. The van der Waals surface area contributed by atoms with Crippen molar-refractivity contribution in [2.45, 2.75) is 44.7 Å². The van der Waals surface area contributed by atoms with Crippen molar-refractivity contribution < 1.29 is 4.79 Å². The maximum Gasteiger partial charge on any atom is 0.253 e. The van der Waals surface area contributed by atoms with E-state index in [1.165, 1.54) is 19.3 Å². The summed E-state index contributed by atoms with van der Waals surface area (Å²) in [7, 11) is 0. The predicted octanol–water partition coefficient (Wildman–Crippen LogP) is 3.52. The number of carbonyl (C=O) groups is 1. The van der Waals surface area contributed by atoms with Gasteiger partial charge in [0.1, 0.15) is 0 Å². The summed E-state index contributed by atoms with van der Waals surface area (Å²) in [5, 5.41) is 15.1. The van der Waals surface area contributed by atoms with Gasteiger partial charge in [0.05, 0.1) is 23.2 Å². The van der Waals surface area contributed by atoms with Gasteiger partial charge < -0.3 is 5.32 Å². The molecular weight excluding hydrogens is 382 g/mol. The van der Waals surface area contributed by atoms with Crippen molar-refractivity contribution >= 4 is 33.4 Å². The van der Waals surface area contributed by atoms with Gasteiger partial charge in [-0.05, 0) is 41.5 Å². The molecule has 1 amide bonds. The summed E-state index contributed by atoms with van der Waals surface area (Å²) < 4.78 is 2.65. The molecule has 23 heavy (non-hydrogen) atoms. The molecule has 6 nitrogen and oxygen atoms in total. The molecule has 1 aliphatic carbocycles. The molecule has 2 aromatic rings. The Morgan fingerprint density at radius 2 is 2.13 bits per heavy atom. The van der Waals surface area contributed by atoms with Crippen molar-refractivity contribution in [1.82, 2.24) is 25.5 Å². The van der Waals surface area contributed by atoms with Crippen LogP contribution < -0.4 is 5.32 Å². The van der Waals surface area contributed by atoms with Gasteiger partial charge in [0.2, 0.25) is 0 Å². The average molecular weight is 399 g/mol. The number of carbonyl (C=O) groups excluding carboxylic acids is 1. The highest BCUT2D eigenvalue weighted by atomic mass is 79.9. The molecule has 8 heteroatoms. The van der Waals surface area contributed by atoms with Crippen LogP contribution in [0.5, 0.6) is 0 Å². The molecule has 1 fully saturated rings. The Morgan fingerprint density at radius 1 is 1.35 bits per heavy atom. The zero-order chi connectivity index (χ0) is 16.2. The lowest BCUT2D eigenvalue weighted by molar-refractivity contribution is 0.0949. The minimum absolute atomic E-state index is 0.241. The Bertz CT molecular complexity index is 699. The predicted molar refractivity (Wildman–Crippen MR) is 90.3 cm³/mol. The van der Waals surface area contributed by atoms with Crippen LogP contribution in [0, 0.1) is 0 Å². The van der Waals surface area contributed by atoms with E-state index in [4.69, 9.17) is 11.6 Å². The number of aromatic nitrogens is 4. The van der Waals surface area contributed by atoms with E-state index in [-0.39, 0.29) is 12.5 Å². The van der Waals surface area contributed by atoms with Crippen molar-refractivity contribution in [3.63, 3.8) is 0 Å². The fraction of sp³-hybridized carbons (Fsp3) is 0.467. The van der Waals surface area contributed by atoms with Gasteiger partial charge >= 0.3 is 0 Å². The van der Waals surface area contributed by atoms with Crippen LogP contribution in [0.15, 0.2) is 22.7 Å². The van der Waals surface area contributed by atoms with Crippen LogP contribution >= 0.6 is 27.5 Å². The number of nitrogens with zero attached hydrogens (tertiary/aromatic N) is 4.